The molecule has 0 aliphatic carbocycles. The summed E-state index contributed by atoms with van der Waals surface area (Å²) in [5.41, 5.74) is 8.42. The number of aromatic nitrogens is 2. The number of rotatable bonds is 5. The van der Waals surface area contributed by atoms with Crippen LogP contribution in [0.25, 0.3) is 11.1 Å². The van der Waals surface area contributed by atoms with Crippen LogP contribution in [0, 0.1) is 0 Å². The van der Waals surface area contributed by atoms with E-state index in [1.165, 1.54) is 18.2 Å². The summed E-state index contributed by atoms with van der Waals surface area (Å²) >= 11 is 0. The van der Waals surface area contributed by atoms with Crippen molar-refractivity contribution in [1.82, 2.24) is 14.7 Å². The molecular weight excluding hydrogens is 457 g/mol. The largest absolute Gasteiger partial charge is 0.456 e. The molecule has 0 atom stereocenters. The number of anilines is 1. The number of ether oxygens (including phenoxy) is 1. The number of carbonyl (C=O) groups is 1. The third-order valence-electron chi connectivity index (χ3n) is 5.87. The van der Waals surface area contributed by atoms with Gasteiger partial charge in [0.1, 0.15) is 17.1 Å². The molecule has 0 saturated carbocycles. The van der Waals surface area contributed by atoms with Crippen LogP contribution in [-0.2, 0) is 26.3 Å². The molecule has 35 heavy (non-hydrogen) atoms. The number of hydrogen-bond acceptors (Lipinski definition) is 4. The van der Waals surface area contributed by atoms with Gasteiger partial charge in [-0.3, -0.25) is 9.48 Å². The first-order valence-corrected chi connectivity index (χ1v) is 10.8. The van der Waals surface area contributed by atoms with Gasteiger partial charge in [0.2, 0.25) is 0 Å². The van der Waals surface area contributed by atoms with Gasteiger partial charge < -0.3 is 15.4 Å². The number of aryl methyl sites for hydroxylation is 1. The molecule has 1 amide bonds. The molecule has 2 heterocycles. The second-order valence-electron chi connectivity index (χ2n) is 8.41. The van der Waals surface area contributed by atoms with Gasteiger partial charge in [-0.05, 0) is 41.0 Å². The third kappa shape index (κ3) is 4.44. The minimum absolute atomic E-state index is 0.0280. The van der Waals surface area contributed by atoms with Crippen LogP contribution in [0.1, 0.15) is 27.0 Å². The molecule has 0 radical (unpaired) electrons. The number of nitrogens with two attached hydrogens (primary N) is 1. The van der Waals surface area contributed by atoms with Crippen molar-refractivity contribution in [2.24, 2.45) is 7.05 Å². The van der Waals surface area contributed by atoms with Gasteiger partial charge in [0, 0.05) is 37.6 Å². The number of carbonyl (C=O) groups excluding carboxylic acids is 1. The topological polar surface area (TPSA) is 73.4 Å². The second kappa shape index (κ2) is 8.50. The van der Waals surface area contributed by atoms with Crippen LogP contribution in [0.2, 0.25) is 0 Å². The number of fused-ring (bicyclic) bond motifs is 1. The Bertz CT molecular complexity index is 1410. The summed E-state index contributed by atoms with van der Waals surface area (Å²) in [6.07, 6.45) is -0.953. The fourth-order valence-electron chi connectivity index (χ4n) is 4.17. The molecule has 4 aromatic rings. The van der Waals surface area contributed by atoms with E-state index in [1.54, 1.807) is 27.9 Å². The smallest absolute Gasteiger partial charge is 0.420 e. The Balaban J connectivity index is 1.37. The van der Waals surface area contributed by atoms with Gasteiger partial charge in [0.05, 0.1) is 11.8 Å². The van der Waals surface area contributed by atoms with Crippen LogP contribution in [-0.4, -0.2) is 20.6 Å². The molecule has 3 aromatic carbocycles. The predicted molar refractivity (Wildman–Crippen MR) is 125 cm³/mol. The summed E-state index contributed by atoms with van der Waals surface area (Å²) in [6.45, 7) is 0.694. The molecule has 6 nitrogen and oxygen atoms in total. The Labute approximate surface area is 199 Å². The Morgan fingerprint density at radius 2 is 1.80 bits per heavy atom. The minimum Gasteiger partial charge on any atom is -0.456 e. The third-order valence-corrected chi connectivity index (χ3v) is 5.87. The standard InChI is InChI=1S/C26H21F3N4O2/c1-32-14-19(12-31-32)17-7-5-16(6-8-17)13-33-15-18-3-2-4-23(24(18)25(33)34)35-22-10-9-20(30)11-21(22)26(27,28)29/h2-12,14H,13,15,30H2,1H3. The first-order valence-electron chi connectivity index (χ1n) is 10.8. The van der Waals surface area contributed by atoms with Crippen molar-refractivity contribution >= 4 is 11.6 Å². The summed E-state index contributed by atoms with van der Waals surface area (Å²) in [6, 6.07) is 16.1. The maximum Gasteiger partial charge on any atom is 0.420 e. The lowest BCUT2D eigenvalue weighted by molar-refractivity contribution is -0.138. The molecule has 0 spiro atoms. The average Bonchev–Trinajstić information content (AvgIpc) is 3.38. The zero-order valence-corrected chi connectivity index (χ0v) is 18.7. The van der Waals surface area contributed by atoms with Gasteiger partial charge in [0.25, 0.3) is 5.91 Å². The molecule has 9 heteroatoms. The molecule has 1 aromatic heterocycles. The quantitative estimate of drug-likeness (QED) is 0.377. The number of halogens is 3. The highest BCUT2D eigenvalue weighted by Crippen LogP contribution is 2.41. The number of alkyl halides is 3. The van der Waals surface area contributed by atoms with Crippen molar-refractivity contribution in [3.05, 3.63) is 95.3 Å². The van der Waals surface area contributed by atoms with Crippen LogP contribution >= 0.6 is 0 Å². The summed E-state index contributed by atoms with van der Waals surface area (Å²) in [5.74, 6) is -0.620. The molecule has 0 bridgehead atoms. The van der Waals surface area contributed by atoms with Crippen LogP contribution in [0.5, 0.6) is 11.5 Å². The zero-order chi connectivity index (χ0) is 24.7. The number of amides is 1. The predicted octanol–water partition coefficient (Wildman–Crippen LogP) is 5.64. The molecular formula is C26H21F3N4O2. The van der Waals surface area contributed by atoms with Crippen molar-refractivity contribution in [1.29, 1.82) is 0 Å². The van der Waals surface area contributed by atoms with Gasteiger partial charge in [0.15, 0.2) is 0 Å². The molecule has 0 unspecified atom stereocenters. The van der Waals surface area contributed by atoms with E-state index in [0.29, 0.717) is 18.7 Å². The van der Waals surface area contributed by atoms with Gasteiger partial charge in [-0.15, -0.1) is 0 Å². The van der Waals surface area contributed by atoms with Crippen LogP contribution < -0.4 is 10.5 Å². The number of nitrogen functional groups attached to an aromatic ring is 1. The number of nitrogens with zero attached hydrogens (tertiary/aromatic N) is 3. The first-order chi connectivity index (χ1) is 16.7. The normalized spacial score (nSPS) is 13.3. The zero-order valence-electron chi connectivity index (χ0n) is 18.7. The van der Waals surface area contributed by atoms with E-state index >= 15 is 0 Å². The molecule has 2 N–H and O–H groups in total. The Morgan fingerprint density at radius 1 is 1.03 bits per heavy atom. The molecule has 1 aliphatic heterocycles. The summed E-state index contributed by atoms with van der Waals surface area (Å²) in [4.78, 5) is 14.9. The highest BCUT2D eigenvalue weighted by molar-refractivity contribution is 6.01. The SMILES string of the molecule is Cn1cc(-c2ccc(CN3Cc4cccc(Oc5ccc(N)cc5C(F)(F)F)c4C3=O)cc2)cn1. The van der Waals surface area contributed by atoms with Gasteiger partial charge in [-0.25, -0.2) is 0 Å². The number of hydrogen-bond donors (Lipinski definition) is 1. The summed E-state index contributed by atoms with van der Waals surface area (Å²) in [7, 11) is 1.85. The van der Waals surface area contributed by atoms with E-state index in [4.69, 9.17) is 10.5 Å². The molecule has 178 valence electrons. The van der Waals surface area contributed by atoms with E-state index in [0.717, 1.165) is 22.8 Å². The average molecular weight is 478 g/mol. The van der Waals surface area contributed by atoms with E-state index in [-0.39, 0.29) is 22.9 Å². The van der Waals surface area contributed by atoms with E-state index in [2.05, 4.69) is 5.10 Å². The van der Waals surface area contributed by atoms with Gasteiger partial charge >= 0.3 is 6.18 Å². The van der Waals surface area contributed by atoms with Gasteiger partial charge in [-0.2, -0.15) is 18.3 Å². The van der Waals surface area contributed by atoms with Crippen molar-refractivity contribution in [3.63, 3.8) is 0 Å². The van der Waals surface area contributed by atoms with Crippen molar-refractivity contribution < 1.29 is 22.7 Å². The molecule has 0 fully saturated rings. The van der Waals surface area contributed by atoms with E-state index in [1.807, 2.05) is 37.5 Å². The molecule has 0 saturated heterocycles. The second-order valence-corrected chi connectivity index (χ2v) is 8.41. The maximum atomic E-state index is 13.5. The van der Waals surface area contributed by atoms with Crippen molar-refractivity contribution in [2.45, 2.75) is 19.3 Å². The monoisotopic (exact) mass is 478 g/mol. The summed E-state index contributed by atoms with van der Waals surface area (Å²) in [5, 5.41) is 4.18. The Morgan fingerprint density at radius 3 is 2.49 bits per heavy atom. The minimum atomic E-state index is -4.65. The lowest BCUT2D eigenvalue weighted by Crippen LogP contribution is -2.23. The van der Waals surface area contributed by atoms with Crippen LogP contribution in [0.15, 0.2) is 73.1 Å². The highest BCUT2D eigenvalue weighted by Gasteiger charge is 2.36. The maximum absolute atomic E-state index is 13.5. The highest BCUT2D eigenvalue weighted by atomic mass is 19.4. The Hall–Kier alpha value is -4.27. The summed E-state index contributed by atoms with van der Waals surface area (Å²) < 4.78 is 47.9. The lowest BCUT2D eigenvalue weighted by atomic mass is 10.1. The van der Waals surface area contributed by atoms with Crippen molar-refractivity contribution in [2.75, 3.05) is 5.73 Å². The van der Waals surface area contributed by atoms with E-state index in [9.17, 15) is 18.0 Å². The van der Waals surface area contributed by atoms with Crippen LogP contribution in [0.3, 0.4) is 0 Å². The van der Waals surface area contributed by atoms with Crippen molar-refractivity contribution in [3.8, 4) is 22.6 Å². The first kappa shape index (κ1) is 22.5. The van der Waals surface area contributed by atoms with Gasteiger partial charge in [-0.1, -0.05) is 36.4 Å². The Kier molecular flexibility index (Phi) is 5.47. The van der Waals surface area contributed by atoms with Crippen LogP contribution in [0.4, 0.5) is 18.9 Å². The fourth-order valence-corrected chi connectivity index (χ4v) is 4.17. The lowest BCUT2D eigenvalue weighted by Gasteiger charge is -2.17. The number of benzene rings is 3. The molecule has 1 aliphatic rings. The van der Waals surface area contributed by atoms with E-state index < -0.39 is 17.5 Å². The fraction of sp³-hybridized carbons (Fsp3) is 0.154. The molecule has 5 rings (SSSR count).